The fourth-order valence-electron chi connectivity index (χ4n) is 3.22. The van der Waals surface area contributed by atoms with E-state index in [0.717, 1.165) is 5.69 Å². The van der Waals surface area contributed by atoms with E-state index < -0.39 is 11.9 Å². The number of aryl methyl sites for hydroxylation is 1. The molecule has 1 aliphatic rings. The SMILES string of the molecule is Cn1nccc1-c1ccc(N2C(=O)OCC2CNc2ccccc2)cc1F. The molecule has 1 atom stereocenters. The van der Waals surface area contributed by atoms with Crippen LogP contribution in [0.25, 0.3) is 11.3 Å². The molecule has 138 valence electrons. The summed E-state index contributed by atoms with van der Waals surface area (Å²) in [6.07, 6.45) is 1.15. The molecule has 0 spiro atoms. The number of hydrogen-bond donors (Lipinski definition) is 1. The van der Waals surface area contributed by atoms with E-state index in [1.807, 2.05) is 30.3 Å². The molecule has 0 radical (unpaired) electrons. The van der Waals surface area contributed by atoms with E-state index in [0.29, 0.717) is 23.5 Å². The normalized spacial score (nSPS) is 16.4. The third kappa shape index (κ3) is 3.36. The van der Waals surface area contributed by atoms with Crippen LogP contribution in [0.5, 0.6) is 0 Å². The first-order valence-corrected chi connectivity index (χ1v) is 8.66. The van der Waals surface area contributed by atoms with Crippen molar-refractivity contribution in [2.45, 2.75) is 6.04 Å². The topological polar surface area (TPSA) is 59.4 Å². The first kappa shape index (κ1) is 17.1. The van der Waals surface area contributed by atoms with Crippen LogP contribution in [0.1, 0.15) is 0 Å². The molecule has 2 heterocycles. The monoisotopic (exact) mass is 366 g/mol. The molecule has 0 aliphatic carbocycles. The van der Waals surface area contributed by atoms with E-state index >= 15 is 0 Å². The minimum Gasteiger partial charge on any atom is -0.447 e. The molecule has 6 nitrogen and oxygen atoms in total. The van der Waals surface area contributed by atoms with Gasteiger partial charge < -0.3 is 10.1 Å². The second-order valence-corrected chi connectivity index (χ2v) is 6.35. The summed E-state index contributed by atoms with van der Waals surface area (Å²) in [5.41, 5.74) is 2.53. The maximum Gasteiger partial charge on any atom is 0.414 e. The van der Waals surface area contributed by atoms with Gasteiger partial charge in [-0.05, 0) is 36.4 Å². The maximum absolute atomic E-state index is 14.7. The summed E-state index contributed by atoms with van der Waals surface area (Å²) >= 11 is 0. The molecule has 1 aromatic heterocycles. The average molecular weight is 366 g/mol. The van der Waals surface area contributed by atoms with E-state index in [1.54, 1.807) is 36.1 Å². The molecule has 0 saturated carbocycles. The summed E-state index contributed by atoms with van der Waals surface area (Å²) in [5.74, 6) is -0.412. The van der Waals surface area contributed by atoms with Crippen molar-refractivity contribution in [3.63, 3.8) is 0 Å². The molecule has 1 fully saturated rings. The fourth-order valence-corrected chi connectivity index (χ4v) is 3.22. The van der Waals surface area contributed by atoms with Crippen LogP contribution in [0.2, 0.25) is 0 Å². The highest BCUT2D eigenvalue weighted by atomic mass is 19.1. The van der Waals surface area contributed by atoms with Gasteiger partial charge in [-0.15, -0.1) is 0 Å². The van der Waals surface area contributed by atoms with Gasteiger partial charge in [-0.3, -0.25) is 9.58 Å². The number of nitrogens with one attached hydrogen (secondary N) is 1. The Morgan fingerprint density at radius 3 is 2.74 bits per heavy atom. The van der Waals surface area contributed by atoms with Gasteiger partial charge in [-0.1, -0.05) is 18.2 Å². The summed E-state index contributed by atoms with van der Waals surface area (Å²) in [6, 6.07) is 16.0. The standard InChI is InChI=1S/C20H19FN4O2/c1-24-19(9-10-23-24)17-8-7-15(11-18(17)21)25-16(13-27-20(25)26)12-22-14-5-3-2-4-6-14/h2-11,16,22H,12-13H2,1H3. The molecule has 7 heteroatoms. The molecular weight excluding hydrogens is 347 g/mol. The minimum absolute atomic E-state index is 0.223. The summed E-state index contributed by atoms with van der Waals surface area (Å²) in [6.45, 7) is 0.755. The first-order chi connectivity index (χ1) is 13.1. The number of ether oxygens (including phenoxy) is 1. The summed E-state index contributed by atoms with van der Waals surface area (Å²) in [4.78, 5) is 13.7. The van der Waals surface area contributed by atoms with Crippen molar-refractivity contribution in [1.82, 2.24) is 9.78 Å². The van der Waals surface area contributed by atoms with Crippen LogP contribution in [0.4, 0.5) is 20.6 Å². The van der Waals surface area contributed by atoms with E-state index in [4.69, 9.17) is 4.74 Å². The van der Waals surface area contributed by atoms with Crippen LogP contribution in [-0.2, 0) is 11.8 Å². The minimum atomic E-state index is -0.470. The summed E-state index contributed by atoms with van der Waals surface area (Å²) in [7, 11) is 1.76. The highest BCUT2D eigenvalue weighted by Crippen LogP contribution is 2.29. The van der Waals surface area contributed by atoms with Gasteiger partial charge in [0, 0.05) is 31.0 Å². The number of cyclic esters (lactones) is 1. The predicted molar refractivity (Wildman–Crippen MR) is 101 cm³/mol. The molecule has 1 amide bonds. The molecule has 0 bridgehead atoms. The van der Waals surface area contributed by atoms with Gasteiger partial charge in [-0.25, -0.2) is 9.18 Å². The molecular formula is C20H19FN4O2. The van der Waals surface area contributed by atoms with Gasteiger partial charge in [0.15, 0.2) is 0 Å². The van der Waals surface area contributed by atoms with Crippen LogP contribution >= 0.6 is 0 Å². The van der Waals surface area contributed by atoms with Gasteiger partial charge in [0.2, 0.25) is 0 Å². The third-order valence-electron chi connectivity index (χ3n) is 4.60. The van der Waals surface area contributed by atoms with Gasteiger partial charge in [-0.2, -0.15) is 5.10 Å². The van der Waals surface area contributed by atoms with Crippen molar-refractivity contribution in [1.29, 1.82) is 0 Å². The zero-order valence-electron chi connectivity index (χ0n) is 14.8. The smallest absolute Gasteiger partial charge is 0.414 e. The van der Waals surface area contributed by atoms with Crippen molar-refractivity contribution in [2.24, 2.45) is 7.05 Å². The number of nitrogens with zero attached hydrogens (tertiary/aromatic N) is 3. The average Bonchev–Trinajstić information content (AvgIpc) is 3.26. The number of halogens is 1. The number of carbonyl (C=O) groups excluding carboxylic acids is 1. The molecule has 1 N–H and O–H groups in total. The number of amides is 1. The van der Waals surface area contributed by atoms with Gasteiger partial charge >= 0.3 is 6.09 Å². The lowest BCUT2D eigenvalue weighted by Gasteiger charge is -2.22. The maximum atomic E-state index is 14.7. The van der Waals surface area contributed by atoms with Gasteiger partial charge in [0.1, 0.15) is 12.4 Å². The number of benzene rings is 2. The molecule has 4 rings (SSSR count). The number of aromatic nitrogens is 2. The third-order valence-corrected chi connectivity index (χ3v) is 4.60. The molecule has 1 aliphatic heterocycles. The Kier molecular flexibility index (Phi) is 4.50. The Labute approximate surface area is 156 Å². The Hall–Kier alpha value is -3.35. The lowest BCUT2D eigenvalue weighted by atomic mass is 10.1. The van der Waals surface area contributed by atoms with E-state index in [9.17, 15) is 9.18 Å². The van der Waals surface area contributed by atoms with Crippen LogP contribution < -0.4 is 10.2 Å². The predicted octanol–water partition coefficient (Wildman–Crippen LogP) is 3.66. The Bertz CT molecular complexity index is 958. The second-order valence-electron chi connectivity index (χ2n) is 6.35. The van der Waals surface area contributed by atoms with Crippen molar-refractivity contribution in [2.75, 3.05) is 23.4 Å². The van der Waals surface area contributed by atoms with Crippen molar-refractivity contribution >= 4 is 17.5 Å². The Balaban J connectivity index is 1.56. The molecule has 3 aromatic rings. The zero-order valence-corrected chi connectivity index (χ0v) is 14.8. The lowest BCUT2D eigenvalue weighted by Crippen LogP contribution is -2.38. The van der Waals surface area contributed by atoms with E-state index in [1.165, 1.54) is 11.0 Å². The number of hydrogen-bond acceptors (Lipinski definition) is 4. The number of para-hydroxylation sites is 1. The molecule has 1 saturated heterocycles. The number of rotatable bonds is 5. The van der Waals surface area contributed by atoms with Crippen molar-refractivity contribution < 1.29 is 13.9 Å². The Morgan fingerprint density at radius 1 is 1.22 bits per heavy atom. The molecule has 2 aromatic carbocycles. The van der Waals surface area contributed by atoms with Crippen LogP contribution in [0, 0.1) is 5.82 Å². The first-order valence-electron chi connectivity index (χ1n) is 8.66. The van der Waals surface area contributed by atoms with Gasteiger partial charge in [0.05, 0.1) is 17.4 Å². The zero-order chi connectivity index (χ0) is 18.8. The fraction of sp³-hybridized carbons (Fsp3) is 0.200. The van der Waals surface area contributed by atoms with Gasteiger partial charge in [0.25, 0.3) is 0 Å². The lowest BCUT2D eigenvalue weighted by molar-refractivity contribution is 0.179. The van der Waals surface area contributed by atoms with Crippen molar-refractivity contribution in [3.8, 4) is 11.3 Å². The quantitative estimate of drug-likeness (QED) is 0.749. The number of anilines is 2. The van der Waals surface area contributed by atoms with Crippen LogP contribution in [0.3, 0.4) is 0 Å². The molecule has 1 unspecified atom stereocenters. The Morgan fingerprint density at radius 2 is 2.04 bits per heavy atom. The van der Waals surface area contributed by atoms with Crippen LogP contribution in [0.15, 0.2) is 60.8 Å². The second kappa shape index (κ2) is 7.11. The summed E-state index contributed by atoms with van der Waals surface area (Å²) in [5, 5.41) is 7.35. The molecule has 27 heavy (non-hydrogen) atoms. The largest absolute Gasteiger partial charge is 0.447 e. The summed E-state index contributed by atoms with van der Waals surface area (Å²) < 4.78 is 21.5. The van der Waals surface area contributed by atoms with E-state index in [-0.39, 0.29) is 12.6 Å². The highest BCUT2D eigenvalue weighted by molar-refractivity contribution is 5.90. The number of carbonyl (C=O) groups is 1. The van der Waals surface area contributed by atoms with E-state index in [2.05, 4.69) is 10.4 Å². The highest BCUT2D eigenvalue weighted by Gasteiger charge is 2.34. The van der Waals surface area contributed by atoms with Crippen molar-refractivity contribution in [3.05, 3.63) is 66.6 Å². The van der Waals surface area contributed by atoms with Crippen LogP contribution in [-0.4, -0.2) is 35.1 Å².